The molecule has 1 N–H and O–H groups in total. The normalized spacial score (nSPS) is 16.1. The van der Waals surface area contributed by atoms with Gasteiger partial charge in [-0.05, 0) is 57.4 Å². The van der Waals surface area contributed by atoms with Crippen LogP contribution in [0.2, 0.25) is 0 Å². The number of nitrogens with zero attached hydrogens (tertiary/aromatic N) is 3. The fourth-order valence-corrected chi connectivity index (χ4v) is 3.64. The summed E-state index contributed by atoms with van der Waals surface area (Å²) < 4.78 is 44.0. The average molecular weight is 474 g/mol. The molecule has 1 atom stereocenters. The van der Waals surface area contributed by atoms with Gasteiger partial charge in [-0.2, -0.15) is 18.4 Å². The van der Waals surface area contributed by atoms with Gasteiger partial charge in [-0.1, -0.05) is 12.1 Å². The summed E-state index contributed by atoms with van der Waals surface area (Å²) in [5.41, 5.74) is -0.0201. The number of rotatable bonds is 4. The molecule has 1 aromatic heterocycles. The topological polar surface area (TPSA) is 95.3 Å². The predicted molar refractivity (Wildman–Crippen MR) is 117 cm³/mol. The lowest BCUT2D eigenvalue weighted by Gasteiger charge is -2.28. The molecule has 2 heterocycles. The lowest BCUT2D eigenvalue weighted by Crippen LogP contribution is -2.47. The summed E-state index contributed by atoms with van der Waals surface area (Å²) in [5.74, 6) is -0.356. The molecule has 0 aliphatic carbocycles. The van der Waals surface area contributed by atoms with E-state index in [2.05, 4.69) is 10.3 Å². The first-order valence-electron chi connectivity index (χ1n) is 10.7. The maximum Gasteiger partial charge on any atom is 0.416 e. The highest BCUT2D eigenvalue weighted by atomic mass is 19.4. The zero-order chi connectivity index (χ0) is 25.1. The van der Waals surface area contributed by atoms with Crippen molar-refractivity contribution < 1.29 is 27.5 Å². The molecule has 1 fully saturated rings. The van der Waals surface area contributed by atoms with Crippen LogP contribution in [0.5, 0.6) is 0 Å². The van der Waals surface area contributed by atoms with Crippen molar-refractivity contribution in [1.29, 1.82) is 5.26 Å². The molecular formula is C24H25F3N4O3. The van der Waals surface area contributed by atoms with E-state index in [1.165, 1.54) is 23.2 Å². The van der Waals surface area contributed by atoms with Crippen LogP contribution in [0.25, 0.3) is 11.1 Å². The van der Waals surface area contributed by atoms with Gasteiger partial charge in [-0.25, -0.2) is 4.79 Å². The van der Waals surface area contributed by atoms with Crippen molar-refractivity contribution in [2.45, 2.75) is 58.0 Å². The predicted octanol–water partition coefficient (Wildman–Crippen LogP) is 4.65. The third kappa shape index (κ3) is 6.04. The smallest absolute Gasteiger partial charge is 0.416 e. The van der Waals surface area contributed by atoms with E-state index in [4.69, 9.17) is 4.74 Å². The first-order chi connectivity index (χ1) is 15.9. The molecule has 1 aromatic carbocycles. The third-order valence-electron chi connectivity index (χ3n) is 5.23. The van der Waals surface area contributed by atoms with E-state index >= 15 is 0 Å². The Morgan fingerprint density at radius 3 is 2.50 bits per heavy atom. The highest BCUT2D eigenvalue weighted by Crippen LogP contribution is 2.32. The Morgan fingerprint density at radius 2 is 1.91 bits per heavy atom. The Hall–Kier alpha value is -3.61. The number of carbonyl (C=O) groups excluding carboxylic acids is 2. The summed E-state index contributed by atoms with van der Waals surface area (Å²) in [7, 11) is 0. The van der Waals surface area contributed by atoms with Crippen molar-refractivity contribution in [3.63, 3.8) is 0 Å². The Bertz CT molecular complexity index is 1100. The molecule has 10 heteroatoms. The van der Waals surface area contributed by atoms with Crippen LogP contribution in [-0.4, -0.2) is 40.1 Å². The summed E-state index contributed by atoms with van der Waals surface area (Å²) in [6.07, 6.45) is -2.52. The monoisotopic (exact) mass is 474 g/mol. The average Bonchev–Trinajstić information content (AvgIpc) is 3.26. The summed E-state index contributed by atoms with van der Waals surface area (Å²) in [5, 5.41) is 12.1. The lowest BCUT2D eigenvalue weighted by molar-refractivity contribution is -0.137. The Morgan fingerprint density at radius 1 is 1.24 bits per heavy atom. The van der Waals surface area contributed by atoms with Crippen molar-refractivity contribution in [3.05, 3.63) is 53.3 Å². The molecule has 1 aliphatic rings. The van der Waals surface area contributed by atoms with Crippen LogP contribution in [0.3, 0.4) is 0 Å². The number of amides is 2. The fraction of sp³-hybridized carbons (Fsp3) is 0.417. The van der Waals surface area contributed by atoms with Crippen LogP contribution in [0.1, 0.15) is 50.4 Å². The highest BCUT2D eigenvalue weighted by Gasteiger charge is 2.36. The number of aromatic nitrogens is 1. The summed E-state index contributed by atoms with van der Waals surface area (Å²) >= 11 is 0. The number of halogens is 3. The summed E-state index contributed by atoms with van der Waals surface area (Å²) in [4.78, 5) is 30.8. The van der Waals surface area contributed by atoms with Gasteiger partial charge in [0, 0.05) is 18.3 Å². The third-order valence-corrected chi connectivity index (χ3v) is 5.23. The molecular weight excluding hydrogens is 449 g/mol. The number of nitrogens with one attached hydrogen (secondary N) is 1. The second-order valence-corrected chi connectivity index (χ2v) is 8.96. The SMILES string of the molecule is CC(C)(C)OC(=O)N1CCCC1C(=O)NCc1cc(-c2ccc(C(F)(F)F)cc2)c(C#N)cn1. The number of nitriles is 1. The van der Waals surface area contributed by atoms with Gasteiger partial charge >= 0.3 is 12.3 Å². The first-order valence-corrected chi connectivity index (χ1v) is 10.7. The Balaban J connectivity index is 1.72. The molecule has 0 spiro atoms. The molecule has 0 saturated carbocycles. The van der Waals surface area contributed by atoms with Gasteiger partial charge < -0.3 is 10.1 Å². The second-order valence-electron chi connectivity index (χ2n) is 8.96. The number of pyridine rings is 1. The largest absolute Gasteiger partial charge is 0.444 e. The molecule has 2 aromatic rings. The van der Waals surface area contributed by atoms with Crippen molar-refractivity contribution in [3.8, 4) is 17.2 Å². The molecule has 0 radical (unpaired) electrons. The van der Waals surface area contributed by atoms with E-state index in [0.717, 1.165) is 12.1 Å². The number of hydrogen-bond donors (Lipinski definition) is 1. The summed E-state index contributed by atoms with van der Waals surface area (Å²) in [6, 6.07) is 7.35. The van der Waals surface area contributed by atoms with Crippen molar-refractivity contribution in [1.82, 2.24) is 15.2 Å². The number of carbonyl (C=O) groups is 2. The molecule has 180 valence electrons. The van der Waals surface area contributed by atoms with Crippen molar-refractivity contribution >= 4 is 12.0 Å². The molecule has 1 saturated heterocycles. The molecule has 3 rings (SSSR count). The molecule has 2 amide bonds. The van der Waals surface area contributed by atoms with E-state index in [1.54, 1.807) is 26.8 Å². The molecule has 0 bridgehead atoms. The Labute approximate surface area is 195 Å². The zero-order valence-electron chi connectivity index (χ0n) is 19.1. The first kappa shape index (κ1) is 25.0. The quantitative estimate of drug-likeness (QED) is 0.696. The van der Waals surface area contributed by atoms with Gasteiger partial charge in [0.2, 0.25) is 5.91 Å². The number of hydrogen-bond acceptors (Lipinski definition) is 5. The van der Waals surface area contributed by atoms with Crippen LogP contribution in [0.4, 0.5) is 18.0 Å². The number of likely N-dealkylation sites (tertiary alicyclic amines) is 1. The van der Waals surface area contributed by atoms with Gasteiger partial charge in [0.25, 0.3) is 0 Å². The molecule has 1 unspecified atom stereocenters. The van der Waals surface area contributed by atoms with Gasteiger partial charge in [0.05, 0.1) is 23.4 Å². The van der Waals surface area contributed by atoms with Gasteiger partial charge in [0.1, 0.15) is 17.7 Å². The molecule has 7 nitrogen and oxygen atoms in total. The van der Waals surface area contributed by atoms with Crippen LogP contribution in [0, 0.1) is 11.3 Å². The van der Waals surface area contributed by atoms with Crippen LogP contribution in [0.15, 0.2) is 36.5 Å². The van der Waals surface area contributed by atoms with E-state index < -0.39 is 29.5 Å². The van der Waals surface area contributed by atoms with Crippen LogP contribution < -0.4 is 5.32 Å². The standard InChI is InChI=1S/C24H25F3N4O3/c1-23(2,3)34-22(33)31-10-4-5-20(31)21(32)30-14-18-11-19(16(12-28)13-29-18)15-6-8-17(9-7-15)24(25,26)27/h6-9,11,13,20H,4-5,10,14H2,1-3H3,(H,30,32). The van der Waals surface area contributed by atoms with Gasteiger partial charge in [-0.15, -0.1) is 0 Å². The minimum Gasteiger partial charge on any atom is -0.444 e. The van der Waals surface area contributed by atoms with E-state index in [9.17, 15) is 28.0 Å². The van der Waals surface area contributed by atoms with Crippen molar-refractivity contribution in [2.75, 3.05) is 6.54 Å². The number of alkyl halides is 3. The minimum atomic E-state index is -4.46. The second kappa shape index (κ2) is 9.71. The minimum absolute atomic E-state index is 0.0246. The number of ether oxygens (including phenoxy) is 1. The lowest BCUT2D eigenvalue weighted by atomic mass is 10.00. The van der Waals surface area contributed by atoms with E-state index in [0.29, 0.717) is 36.2 Å². The summed E-state index contributed by atoms with van der Waals surface area (Å²) in [6.45, 7) is 5.69. The van der Waals surface area contributed by atoms with E-state index in [-0.39, 0.29) is 18.0 Å². The maximum atomic E-state index is 12.9. The van der Waals surface area contributed by atoms with Gasteiger partial charge in [-0.3, -0.25) is 14.7 Å². The maximum absolute atomic E-state index is 12.9. The molecule has 1 aliphatic heterocycles. The van der Waals surface area contributed by atoms with Crippen molar-refractivity contribution in [2.24, 2.45) is 0 Å². The zero-order valence-corrected chi connectivity index (χ0v) is 19.1. The van der Waals surface area contributed by atoms with Gasteiger partial charge in [0.15, 0.2) is 0 Å². The van der Waals surface area contributed by atoms with Crippen LogP contribution in [-0.2, 0) is 22.3 Å². The highest BCUT2D eigenvalue weighted by molar-refractivity contribution is 5.86. The number of benzene rings is 1. The van der Waals surface area contributed by atoms with Crippen LogP contribution >= 0.6 is 0 Å². The Kier molecular flexibility index (Phi) is 7.15. The fourth-order valence-electron chi connectivity index (χ4n) is 3.64. The molecule has 34 heavy (non-hydrogen) atoms. The van der Waals surface area contributed by atoms with E-state index in [1.807, 2.05) is 6.07 Å².